The van der Waals surface area contributed by atoms with E-state index in [0.717, 1.165) is 23.6 Å². The highest BCUT2D eigenvalue weighted by molar-refractivity contribution is 5.93. The van der Waals surface area contributed by atoms with Gasteiger partial charge in [-0.25, -0.2) is 14.8 Å². The number of hydrogen-bond donors (Lipinski definition) is 1. The van der Waals surface area contributed by atoms with Crippen LogP contribution < -0.4 is 4.90 Å². The van der Waals surface area contributed by atoms with E-state index in [2.05, 4.69) is 4.98 Å². The average Bonchev–Trinajstić information content (AvgIpc) is 2.60. The van der Waals surface area contributed by atoms with Crippen LogP contribution in [0.25, 0.3) is 22.3 Å². The number of carbonyl (C=O) groups is 1. The number of nitrogens with zero attached hydrogens (tertiary/aromatic N) is 3. The first-order valence-electron chi connectivity index (χ1n) is 7.42. The van der Waals surface area contributed by atoms with Crippen LogP contribution in [-0.4, -0.2) is 34.6 Å². The van der Waals surface area contributed by atoms with Gasteiger partial charge in [0.15, 0.2) is 5.82 Å². The Balaban J connectivity index is 2.26. The summed E-state index contributed by atoms with van der Waals surface area (Å²) in [6.45, 7) is 2.81. The number of hydrogen-bond acceptors (Lipinski definition) is 4. The Bertz CT molecular complexity index is 863. The minimum Gasteiger partial charge on any atom is -0.478 e. The van der Waals surface area contributed by atoms with Crippen molar-refractivity contribution in [2.75, 3.05) is 18.5 Å². The van der Waals surface area contributed by atoms with E-state index in [1.807, 2.05) is 49.2 Å². The lowest BCUT2D eigenvalue weighted by molar-refractivity contribution is 0.0697. The molecule has 0 unspecified atom stereocenters. The molecule has 0 bridgehead atoms. The van der Waals surface area contributed by atoms with Crippen molar-refractivity contribution in [1.29, 1.82) is 0 Å². The molecule has 3 aromatic rings. The molecule has 0 saturated heterocycles. The van der Waals surface area contributed by atoms with Gasteiger partial charge in [0, 0.05) is 19.2 Å². The minimum atomic E-state index is -0.966. The number of carboxylic acid groups (broad SMARTS) is 1. The molecule has 0 fully saturated rings. The van der Waals surface area contributed by atoms with Gasteiger partial charge in [-0.3, -0.25) is 0 Å². The van der Waals surface area contributed by atoms with Crippen LogP contribution in [0.3, 0.4) is 0 Å². The first-order valence-corrected chi connectivity index (χ1v) is 7.42. The fourth-order valence-electron chi connectivity index (χ4n) is 2.38. The SMILES string of the molecule is CCN(C)c1nc2cc(C(=O)O)ccc2nc1-c1ccccc1. The smallest absolute Gasteiger partial charge is 0.335 e. The zero-order chi connectivity index (χ0) is 16.4. The third kappa shape index (κ3) is 2.85. The van der Waals surface area contributed by atoms with Crippen molar-refractivity contribution in [3.05, 3.63) is 54.1 Å². The van der Waals surface area contributed by atoms with Crippen molar-refractivity contribution < 1.29 is 9.90 Å². The molecule has 1 heterocycles. The molecule has 23 heavy (non-hydrogen) atoms. The quantitative estimate of drug-likeness (QED) is 0.799. The Labute approximate surface area is 134 Å². The number of rotatable bonds is 4. The predicted octanol–water partition coefficient (Wildman–Crippen LogP) is 3.45. The summed E-state index contributed by atoms with van der Waals surface area (Å²) in [5.74, 6) is -0.222. The van der Waals surface area contributed by atoms with Crippen molar-refractivity contribution in [3.8, 4) is 11.3 Å². The van der Waals surface area contributed by atoms with Gasteiger partial charge in [0.25, 0.3) is 0 Å². The fourth-order valence-corrected chi connectivity index (χ4v) is 2.38. The molecule has 5 heteroatoms. The van der Waals surface area contributed by atoms with Gasteiger partial charge in [-0.1, -0.05) is 30.3 Å². The van der Waals surface area contributed by atoms with E-state index in [-0.39, 0.29) is 5.56 Å². The maximum Gasteiger partial charge on any atom is 0.335 e. The highest BCUT2D eigenvalue weighted by atomic mass is 16.4. The highest BCUT2D eigenvalue weighted by Gasteiger charge is 2.15. The van der Waals surface area contributed by atoms with E-state index >= 15 is 0 Å². The summed E-state index contributed by atoms with van der Waals surface area (Å²) in [4.78, 5) is 22.5. The molecular weight excluding hydrogens is 290 g/mol. The Morgan fingerprint density at radius 1 is 1.09 bits per heavy atom. The fraction of sp³-hybridized carbons (Fsp3) is 0.167. The number of benzene rings is 2. The van der Waals surface area contributed by atoms with Crippen molar-refractivity contribution in [2.45, 2.75) is 6.92 Å². The van der Waals surface area contributed by atoms with Gasteiger partial charge >= 0.3 is 5.97 Å². The summed E-state index contributed by atoms with van der Waals surface area (Å²) in [5, 5.41) is 9.14. The number of carboxylic acids is 1. The summed E-state index contributed by atoms with van der Waals surface area (Å²) >= 11 is 0. The second kappa shape index (κ2) is 6.04. The second-order valence-electron chi connectivity index (χ2n) is 5.28. The predicted molar refractivity (Wildman–Crippen MR) is 90.9 cm³/mol. The van der Waals surface area contributed by atoms with E-state index < -0.39 is 5.97 Å². The monoisotopic (exact) mass is 307 g/mol. The van der Waals surface area contributed by atoms with Crippen molar-refractivity contribution >= 4 is 22.8 Å². The molecular formula is C18H17N3O2. The van der Waals surface area contributed by atoms with Crippen LogP contribution in [0, 0.1) is 0 Å². The van der Waals surface area contributed by atoms with Crippen LogP contribution in [0.2, 0.25) is 0 Å². The number of fused-ring (bicyclic) bond motifs is 1. The standard InChI is InChI=1S/C18H17N3O2/c1-3-21(2)17-16(12-7-5-4-6-8-12)19-14-10-9-13(18(22)23)11-15(14)20-17/h4-11H,3H2,1-2H3,(H,22,23). The van der Waals surface area contributed by atoms with Gasteiger partial charge < -0.3 is 10.0 Å². The molecule has 1 N–H and O–H groups in total. The molecule has 0 atom stereocenters. The maximum absolute atomic E-state index is 11.1. The molecule has 3 rings (SSSR count). The van der Waals surface area contributed by atoms with Crippen LogP contribution in [0.1, 0.15) is 17.3 Å². The molecule has 0 amide bonds. The van der Waals surface area contributed by atoms with E-state index in [4.69, 9.17) is 10.1 Å². The van der Waals surface area contributed by atoms with E-state index in [9.17, 15) is 4.79 Å². The van der Waals surface area contributed by atoms with Gasteiger partial charge in [-0.05, 0) is 25.1 Å². The van der Waals surface area contributed by atoms with Gasteiger partial charge in [0.1, 0.15) is 5.69 Å². The summed E-state index contributed by atoms with van der Waals surface area (Å²) in [6, 6.07) is 14.7. The largest absolute Gasteiger partial charge is 0.478 e. The van der Waals surface area contributed by atoms with Crippen LogP contribution in [0.15, 0.2) is 48.5 Å². The average molecular weight is 307 g/mol. The first-order chi connectivity index (χ1) is 11.1. The molecule has 0 aliphatic carbocycles. The van der Waals surface area contributed by atoms with Gasteiger partial charge in [0.2, 0.25) is 0 Å². The zero-order valence-electron chi connectivity index (χ0n) is 13.0. The molecule has 5 nitrogen and oxygen atoms in total. The molecule has 0 aliphatic rings. The van der Waals surface area contributed by atoms with Gasteiger partial charge in [0.05, 0.1) is 16.6 Å². The molecule has 0 saturated carbocycles. The lowest BCUT2D eigenvalue weighted by atomic mass is 10.1. The number of anilines is 1. The third-order valence-corrected chi connectivity index (χ3v) is 3.78. The molecule has 0 spiro atoms. The topological polar surface area (TPSA) is 66.3 Å². The van der Waals surface area contributed by atoms with Crippen molar-refractivity contribution in [2.24, 2.45) is 0 Å². The van der Waals surface area contributed by atoms with E-state index in [1.54, 1.807) is 18.2 Å². The van der Waals surface area contributed by atoms with Crippen molar-refractivity contribution in [3.63, 3.8) is 0 Å². The molecule has 116 valence electrons. The second-order valence-corrected chi connectivity index (χ2v) is 5.28. The Morgan fingerprint density at radius 2 is 1.83 bits per heavy atom. The summed E-state index contributed by atoms with van der Waals surface area (Å²) in [5.41, 5.74) is 3.26. The van der Waals surface area contributed by atoms with Crippen LogP contribution in [0.4, 0.5) is 5.82 Å². The minimum absolute atomic E-state index is 0.212. The van der Waals surface area contributed by atoms with Gasteiger partial charge in [-0.15, -0.1) is 0 Å². The Hall–Kier alpha value is -2.95. The van der Waals surface area contributed by atoms with Crippen molar-refractivity contribution in [1.82, 2.24) is 9.97 Å². The lowest BCUT2D eigenvalue weighted by Gasteiger charge is -2.19. The Morgan fingerprint density at radius 3 is 2.48 bits per heavy atom. The maximum atomic E-state index is 11.1. The van der Waals surface area contributed by atoms with E-state index in [1.165, 1.54) is 0 Å². The molecule has 2 aromatic carbocycles. The summed E-state index contributed by atoms with van der Waals surface area (Å²) in [6.07, 6.45) is 0. The highest BCUT2D eigenvalue weighted by Crippen LogP contribution is 2.29. The van der Waals surface area contributed by atoms with Crippen LogP contribution >= 0.6 is 0 Å². The van der Waals surface area contributed by atoms with Crippen LogP contribution in [-0.2, 0) is 0 Å². The summed E-state index contributed by atoms with van der Waals surface area (Å²) in [7, 11) is 1.95. The Kier molecular flexibility index (Phi) is 3.93. The summed E-state index contributed by atoms with van der Waals surface area (Å²) < 4.78 is 0. The molecule has 1 aromatic heterocycles. The van der Waals surface area contributed by atoms with E-state index in [0.29, 0.717) is 11.0 Å². The molecule has 0 radical (unpaired) electrons. The number of aromatic nitrogens is 2. The first kappa shape index (κ1) is 15.0. The zero-order valence-corrected chi connectivity index (χ0v) is 13.0. The van der Waals surface area contributed by atoms with Gasteiger partial charge in [-0.2, -0.15) is 0 Å². The number of aromatic carboxylic acids is 1. The lowest BCUT2D eigenvalue weighted by Crippen LogP contribution is -2.19. The van der Waals surface area contributed by atoms with Crippen LogP contribution in [0.5, 0.6) is 0 Å². The normalized spacial score (nSPS) is 10.7. The third-order valence-electron chi connectivity index (χ3n) is 3.78. The molecule has 0 aliphatic heterocycles.